The van der Waals surface area contributed by atoms with Crippen molar-refractivity contribution in [3.05, 3.63) is 134 Å². The first-order chi connectivity index (χ1) is 64.5. The molecule has 14 aromatic rings. The predicted molar refractivity (Wildman–Crippen MR) is 525 cm³/mol. The molecule has 18 rings (SSSR count). The van der Waals surface area contributed by atoms with E-state index < -0.39 is 65.4 Å². The SMILES string of the molecule is Brc1ncnc2nc[nH]c12.CC1(C)OB(c2cn[nH]c2)OC1(C)C.CCS(=O)(=O)N1CC(=CC#N)C1.CCS(=O)(=O)N1CC(CC#N)(n2cc(-c3ncnc4c3ncn4COCC[Si](C)(C)C)cn2)C1.CCS(=O)(=O)N1CC(CC#N)(n2cc(-c3ncnc4nc[nH]c34)cn2)C1.C[Si](C)(C)CCOCn1cnc2c(-c3cn[nH]c3)ncnc21.C[Si](C)(C)CCOCn1cnc2c(Br)ncnc21. The summed E-state index contributed by atoms with van der Waals surface area (Å²) in [5.74, 6) is 0.203. The Morgan fingerprint density at radius 1 is 0.478 bits per heavy atom. The van der Waals surface area contributed by atoms with Gasteiger partial charge in [-0.15, -0.1) is 0 Å². The fourth-order valence-corrected chi connectivity index (χ4v) is 20.3. The number of imidazole rings is 5. The van der Waals surface area contributed by atoms with Crippen LogP contribution in [0.15, 0.2) is 134 Å². The minimum atomic E-state index is -3.31. The average Bonchev–Trinajstić information content (AvgIpc) is 1.16. The van der Waals surface area contributed by atoms with Crippen LogP contribution in [0.25, 0.3) is 89.6 Å². The number of hydrogen-bond donors (Lipinski definition) is 4. The summed E-state index contributed by atoms with van der Waals surface area (Å²) >= 11 is 6.61. The third kappa shape index (κ3) is 25.7. The van der Waals surface area contributed by atoms with Crippen molar-refractivity contribution in [1.82, 2.24) is 151 Å². The highest BCUT2D eigenvalue weighted by atomic mass is 79.9. The summed E-state index contributed by atoms with van der Waals surface area (Å²) in [4.78, 5) is 69.1. The number of H-pyrrole nitrogens is 4. The largest absolute Gasteiger partial charge is 0.498 e. The van der Waals surface area contributed by atoms with Crippen molar-refractivity contribution >= 4 is 155 Å². The maximum absolute atomic E-state index is 12.2. The molecule has 722 valence electrons. The van der Waals surface area contributed by atoms with Crippen LogP contribution in [-0.4, -0.2) is 295 Å². The number of halogens is 2. The summed E-state index contributed by atoms with van der Waals surface area (Å²) in [7, 11) is -13.2. The zero-order valence-corrected chi connectivity index (χ0v) is 87.2. The van der Waals surface area contributed by atoms with Gasteiger partial charge in [0.15, 0.2) is 28.2 Å². The van der Waals surface area contributed by atoms with Crippen LogP contribution in [0.4, 0.5) is 0 Å². The number of aromatic nitrogens is 28. The van der Waals surface area contributed by atoms with Crippen LogP contribution in [0.2, 0.25) is 77.1 Å². The Morgan fingerprint density at radius 2 is 0.875 bits per heavy atom. The van der Waals surface area contributed by atoms with Gasteiger partial charge in [-0.3, -0.25) is 33.3 Å². The Labute approximate surface area is 807 Å². The number of nitrogens with zero attached hydrogens (tertiary/aromatic N) is 30. The zero-order valence-electron chi connectivity index (χ0n) is 78.6. The highest BCUT2D eigenvalue weighted by molar-refractivity contribution is 9.10. The molecule has 4 N–H and O–H groups in total. The van der Waals surface area contributed by atoms with E-state index in [1.165, 1.54) is 44.3 Å². The van der Waals surface area contributed by atoms with Gasteiger partial charge in [0.25, 0.3) is 0 Å². The van der Waals surface area contributed by atoms with Gasteiger partial charge in [-0.1, -0.05) is 58.9 Å². The van der Waals surface area contributed by atoms with Crippen molar-refractivity contribution in [3.8, 4) is 52.0 Å². The lowest BCUT2D eigenvalue weighted by molar-refractivity contribution is 0.00578. The topological polar surface area (TPSA) is 562 Å². The van der Waals surface area contributed by atoms with Gasteiger partial charge in [0, 0.05) is 143 Å². The van der Waals surface area contributed by atoms with E-state index in [-0.39, 0.29) is 74.6 Å². The van der Waals surface area contributed by atoms with Crippen LogP contribution in [0.1, 0.15) is 61.3 Å². The number of ether oxygens (including phenoxy) is 3. The molecule has 0 amide bonds. The van der Waals surface area contributed by atoms with Crippen molar-refractivity contribution in [3.63, 3.8) is 0 Å². The highest BCUT2D eigenvalue weighted by Gasteiger charge is 2.53. The normalized spacial score (nSPS) is 15.8. The van der Waals surface area contributed by atoms with E-state index in [0.717, 1.165) is 97.2 Å². The monoisotopic (exact) mass is 2100 g/mol. The second-order valence-corrected chi connectivity index (χ2v) is 62.1. The molecule has 0 radical (unpaired) electrons. The van der Waals surface area contributed by atoms with Crippen LogP contribution < -0.4 is 5.46 Å². The van der Waals surface area contributed by atoms with Crippen LogP contribution in [-0.2, 0) is 84.9 Å². The highest BCUT2D eigenvalue weighted by Crippen LogP contribution is 2.40. The van der Waals surface area contributed by atoms with Crippen molar-refractivity contribution in [2.24, 2.45) is 0 Å². The molecule has 0 unspecified atom stereocenters. The molecule has 54 heteroatoms. The van der Waals surface area contributed by atoms with E-state index in [0.29, 0.717) is 83.9 Å². The third-order valence-corrected chi connectivity index (χ3v) is 34.4. The van der Waals surface area contributed by atoms with Crippen LogP contribution >= 0.6 is 31.9 Å². The predicted octanol–water partition coefficient (Wildman–Crippen LogP) is 10.1. The Morgan fingerprint density at radius 3 is 1.31 bits per heavy atom. The molecular weight excluding hydrogens is 1990 g/mol. The molecule has 0 aliphatic carbocycles. The van der Waals surface area contributed by atoms with Crippen LogP contribution in [0.3, 0.4) is 0 Å². The molecule has 4 fully saturated rings. The van der Waals surface area contributed by atoms with Gasteiger partial charge in [-0.05, 0) is 104 Å². The number of rotatable bonds is 29. The number of fused-ring (bicyclic) bond motifs is 5. The second-order valence-electron chi connectivity index (χ2n) is 36.9. The van der Waals surface area contributed by atoms with E-state index in [1.807, 2.05) is 47.5 Å². The summed E-state index contributed by atoms with van der Waals surface area (Å²) in [5, 5.41) is 49.1. The maximum Gasteiger partial charge on any atom is 0.498 e. The van der Waals surface area contributed by atoms with Crippen LogP contribution in [0, 0.1) is 34.0 Å². The van der Waals surface area contributed by atoms with E-state index in [2.05, 4.69) is 218 Å². The quantitative estimate of drug-likeness (QED) is 0.0146. The van der Waals surface area contributed by atoms with E-state index in [1.54, 1.807) is 118 Å². The number of allylic oxidation sites excluding steroid dienone is 1. The summed E-state index contributed by atoms with van der Waals surface area (Å²) < 4.78 is 114. The van der Waals surface area contributed by atoms with Crippen molar-refractivity contribution in [2.45, 2.75) is 181 Å². The molecule has 0 bridgehead atoms. The first kappa shape index (κ1) is 104. The Hall–Kier alpha value is -11.0. The molecule has 0 aromatic carbocycles. The number of nitriles is 3. The maximum atomic E-state index is 12.2. The standard InChI is InChI=1S/C21H30N8O3SSi.C15H16N8O2S.C14H20N6OSi.C11H17BrN4OSi.C9H15BN2O2.C7H10N2O2S.C5H3BrN4/c1-5-33(30,31)28-12-21(13-28,6-7-22)29-11-17(10-26-29)18-19-20(24-14-23-18)27(15-25-19)16-32-8-9-34(2,3)4;1-2-26(24,25)22-7-15(8-22,3-4-16)23-6-11(5-21-23)12-13-14(19-9-17-12)20-10-18-13;1-22(2,3)5-4-21-10-20-9-17-13-12(11-6-18-19-7-11)15-8-16-14(13)20;1-18(2,3)5-4-17-8-16-7-15-9-10(12)13-6-14-11(9)16;1-8(2)9(3,4)14-10(13-8)7-5-11-12-6-7;1-2-12(10,11)9-5-7(6-9)3-4-8;6-4-3-5(9-1-7-3)10-2-8-4/h10-11,14-15H,5-6,8-9,12-13,16H2,1-4H3;5-6,9-10H,2-3,7-8H2,1H3,(H,17,18,19,20);6-9H,4-5,10H2,1-3H3,(H,18,19);6-7H,4-5,8H2,1-3H3;5-6H,1-4H3,(H,11,12);3H,2,5-6H2,1H3;1-2H,(H,7,8,9,10). The molecule has 0 spiro atoms. The minimum Gasteiger partial charge on any atom is -0.399 e. The van der Waals surface area contributed by atoms with Gasteiger partial charge >= 0.3 is 7.12 Å². The van der Waals surface area contributed by atoms with E-state index >= 15 is 0 Å². The molecule has 136 heavy (non-hydrogen) atoms. The first-order valence-corrected chi connectivity index (χ1v) is 61.0. The lowest BCUT2D eigenvalue weighted by Gasteiger charge is -2.47. The fourth-order valence-electron chi connectivity index (χ4n) is 13.7. The Bertz CT molecular complexity index is 6900. The number of aromatic amines is 4. The molecule has 45 nitrogen and oxygen atoms in total. The fraction of sp³-hybridized carbons (Fsp3) is 0.488. The molecule has 0 atom stereocenters. The summed E-state index contributed by atoms with van der Waals surface area (Å²) in [5.41, 5.74) is 11.5. The summed E-state index contributed by atoms with van der Waals surface area (Å²) in [6.45, 7) is 39.2. The minimum absolute atomic E-state index is 0.0312. The Balaban J connectivity index is 0.000000148. The molecule has 4 aliphatic heterocycles. The van der Waals surface area contributed by atoms with Gasteiger partial charge in [0.2, 0.25) is 30.1 Å². The van der Waals surface area contributed by atoms with Gasteiger partial charge in [-0.2, -0.15) is 49.1 Å². The van der Waals surface area contributed by atoms with Gasteiger partial charge in [0.05, 0.1) is 110 Å². The first-order valence-electron chi connectivity index (χ1n) is 43.5. The summed E-state index contributed by atoms with van der Waals surface area (Å²) in [6, 6.07) is 9.60. The zero-order chi connectivity index (χ0) is 98.2. The molecule has 14 aromatic heterocycles. The van der Waals surface area contributed by atoms with Crippen molar-refractivity contribution in [2.75, 3.05) is 76.3 Å². The lowest BCUT2D eigenvalue weighted by Crippen LogP contribution is -2.64. The molecule has 4 saturated heterocycles. The Kier molecular flexibility index (Phi) is 33.8. The third-order valence-electron chi connectivity index (χ3n) is 22.7. The van der Waals surface area contributed by atoms with Gasteiger partial charge in [0.1, 0.15) is 117 Å². The van der Waals surface area contributed by atoms with Gasteiger partial charge < -0.3 is 33.5 Å². The van der Waals surface area contributed by atoms with Crippen molar-refractivity contribution in [1.29, 1.82) is 15.8 Å². The summed E-state index contributed by atoms with van der Waals surface area (Å²) in [6.07, 6.45) is 31.4. The molecule has 4 aliphatic rings. The van der Waals surface area contributed by atoms with Crippen molar-refractivity contribution < 1.29 is 48.8 Å². The molecule has 18 heterocycles. The average molecular weight is 2100 g/mol. The number of hydrogen-bond acceptors (Lipinski definition) is 33. The molecular formula is C82H111BBr2N34O11S3Si3. The van der Waals surface area contributed by atoms with Crippen LogP contribution in [0.5, 0.6) is 0 Å². The number of nitrogens with one attached hydrogen (secondary N) is 4. The van der Waals surface area contributed by atoms with E-state index in [4.69, 9.17) is 28.8 Å². The number of sulfonamides is 3. The smallest absolute Gasteiger partial charge is 0.399 e. The second kappa shape index (κ2) is 44.2. The lowest BCUT2D eigenvalue weighted by atomic mass is 9.82. The molecule has 0 saturated carbocycles. The van der Waals surface area contributed by atoms with E-state index in [9.17, 15) is 35.8 Å². The van der Waals surface area contributed by atoms with Gasteiger partial charge in [-0.25, -0.2) is 100 Å².